The molecule has 0 aromatic carbocycles. The maximum Gasteiger partial charge on any atom is 0.328 e. The molecule has 1 aromatic heterocycles. The summed E-state index contributed by atoms with van der Waals surface area (Å²) in [6.07, 6.45) is 5.89. The van der Waals surface area contributed by atoms with Crippen LogP contribution >= 0.6 is 0 Å². The van der Waals surface area contributed by atoms with Crippen LogP contribution in [0.4, 0.5) is 0 Å². The van der Waals surface area contributed by atoms with Gasteiger partial charge in [0.1, 0.15) is 5.69 Å². The summed E-state index contributed by atoms with van der Waals surface area (Å²) in [6.45, 7) is 2.19. The first-order valence-corrected chi connectivity index (χ1v) is 6.88. The Balaban J connectivity index is 1.80. The third kappa shape index (κ3) is 5.00. The van der Waals surface area contributed by atoms with Gasteiger partial charge in [-0.2, -0.15) is 0 Å². The number of carboxylic acid groups (broad SMARTS) is 1. The van der Waals surface area contributed by atoms with E-state index in [-0.39, 0.29) is 5.91 Å². The van der Waals surface area contributed by atoms with Gasteiger partial charge in [0.25, 0.3) is 5.91 Å². The zero-order chi connectivity index (χ0) is 15.1. The number of hydrogen-bond donors (Lipinski definition) is 2. The molecular formula is C15H18N2O4. The van der Waals surface area contributed by atoms with Crippen LogP contribution in [0, 0.1) is 5.92 Å². The summed E-state index contributed by atoms with van der Waals surface area (Å²) < 4.78 is 5.28. The third-order valence-corrected chi connectivity index (χ3v) is 3.30. The fourth-order valence-electron chi connectivity index (χ4n) is 2.10. The minimum atomic E-state index is -1.02. The average Bonchev–Trinajstić information content (AvgIpc) is 2.99. The van der Waals surface area contributed by atoms with E-state index < -0.39 is 5.97 Å². The van der Waals surface area contributed by atoms with E-state index in [0.717, 1.165) is 32.1 Å². The maximum absolute atomic E-state index is 11.9. The summed E-state index contributed by atoms with van der Waals surface area (Å²) in [5.74, 6) is -0.711. The van der Waals surface area contributed by atoms with E-state index in [1.54, 1.807) is 12.1 Å². The topological polar surface area (TPSA) is 88.5 Å². The summed E-state index contributed by atoms with van der Waals surface area (Å²) in [5.41, 5.74) is 0.960. The molecule has 0 radical (unpaired) electrons. The lowest BCUT2D eigenvalue weighted by atomic mass is 10.1. The van der Waals surface area contributed by atoms with Crippen molar-refractivity contribution in [1.29, 1.82) is 0 Å². The summed E-state index contributed by atoms with van der Waals surface area (Å²) in [5, 5.41) is 11.4. The van der Waals surface area contributed by atoms with Crippen molar-refractivity contribution >= 4 is 18.0 Å². The molecule has 0 saturated carbocycles. The van der Waals surface area contributed by atoms with Crippen LogP contribution in [-0.2, 0) is 9.53 Å². The van der Waals surface area contributed by atoms with E-state index in [1.807, 2.05) is 0 Å². The molecule has 0 spiro atoms. The molecule has 1 saturated heterocycles. The first-order valence-electron chi connectivity index (χ1n) is 6.88. The molecule has 6 heteroatoms. The third-order valence-electron chi connectivity index (χ3n) is 3.30. The van der Waals surface area contributed by atoms with Crippen molar-refractivity contribution in [2.45, 2.75) is 12.8 Å². The summed E-state index contributed by atoms with van der Waals surface area (Å²) in [7, 11) is 0. The first kappa shape index (κ1) is 15.2. The Morgan fingerprint density at radius 2 is 2.33 bits per heavy atom. The predicted octanol–water partition coefficient (Wildman–Crippen LogP) is 1.34. The standard InChI is InChI=1S/C15H18N2O4/c18-14(19)4-2-11-1-3-13(17-9-11)15(20)16-7-5-12-6-8-21-10-12/h1-4,9,12H,5-8,10H2,(H,16,20)(H,18,19)/b4-2+. The minimum Gasteiger partial charge on any atom is -0.478 e. The van der Waals surface area contributed by atoms with Crippen LogP contribution in [0.2, 0.25) is 0 Å². The molecule has 1 aliphatic rings. The van der Waals surface area contributed by atoms with Gasteiger partial charge in [-0.3, -0.25) is 9.78 Å². The van der Waals surface area contributed by atoms with Gasteiger partial charge in [0.05, 0.1) is 0 Å². The van der Waals surface area contributed by atoms with E-state index >= 15 is 0 Å². The van der Waals surface area contributed by atoms with E-state index in [9.17, 15) is 9.59 Å². The largest absolute Gasteiger partial charge is 0.478 e. The van der Waals surface area contributed by atoms with Crippen molar-refractivity contribution in [1.82, 2.24) is 10.3 Å². The molecule has 1 aromatic rings. The molecule has 1 unspecified atom stereocenters. The highest BCUT2D eigenvalue weighted by molar-refractivity contribution is 5.92. The summed E-state index contributed by atoms with van der Waals surface area (Å²) >= 11 is 0. The van der Waals surface area contributed by atoms with Crippen molar-refractivity contribution in [2.75, 3.05) is 19.8 Å². The number of carbonyl (C=O) groups excluding carboxylic acids is 1. The average molecular weight is 290 g/mol. The fourth-order valence-corrected chi connectivity index (χ4v) is 2.10. The van der Waals surface area contributed by atoms with Gasteiger partial charge in [-0.05, 0) is 36.5 Å². The lowest BCUT2D eigenvalue weighted by molar-refractivity contribution is -0.131. The number of hydrogen-bond acceptors (Lipinski definition) is 4. The molecule has 2 heterocycles. The number of rotatable bonds is 6. The number of carboxylic acids is 1. The van der Waals surface area contributed by atoms with Gasteiger partial charge in [-0.15, -0.1) is 0 Å². The SMILES string of the molecule is O=C(O)/C=C/c1ccc(C(=O)NCCC2CCOC2)nc1. The molecular weight excluding hydrogens is 272 g/mol. The van der Waals surface area contributed by atoms with Gasteiger partial charge in [-0.25, -0.2) is 4.79 Å². The number of aliphatic carboxylic acids is 1. The smallest absolute Gasteiger partial charge is 0.328 e. The zero-order valence-electron chi connectivity index (χ0n) is 11.6. The van der Waals surface area contributed by atoms with E-state index in [4.69, 9.17) is 9.84 Å². The number of nitrogens with zero attached hydrogens (tertiary/aromatic N) is 1. The van der Waals surface area contributed by atoms with Gasteiger partial charge in [0, 0.05) is 32.0 Å². The monoisotopic (exact) mass is 290 g/mol. The lowest BCUT2D eigenvalue weighted by Gasteiger charge is -2.08. The Hall–Kier alpha value is -2.21. The number of amides is 1. The van der Waals surface area contributed by atoms with Crippen molar-refractivity contribution in [3.8, 4) is 0 Å². The summed E-state index contributed by atoms with van der Waals surface area (Å²) in [6, 6.07) is 3.24. The highest BCUT2D eigenvalue weighted by Gasteiger charge is 2.15. The van der Waals surface area contributed by atoms with Crippen LogP contribution in [-0.4, -0.2) is 41.7 Å². The molecule has 6 nitrogen and oxygen atoms in total. The number of ether oxygens (including phenoxy) is 1. The van der Waals surface area contributed by atoms with E-state index in [0.29, 0.717) is 23.7 Å². The zero-order valence-corrected chi connectivity index (χ0v) is 11.6. The number of nitrogens with one attached hydrogen (secondary N) is 1. The number of pyridine rings is 1. The molecule has 112 valence electrons. The van der Waals surface area contributed by atoms with Crippen molar-refractivity contribution in [3.63, 3.8) is 0 Å². The van der Waals surface area contributed by atoms with Crippen molar-refractivity contribution < 1.29 is 19.4 Å². The molecule has 1 fully saturated rings. The second-order valence-corrected chi connectivity index (χ2v) is 4.92. The van der Waals surface area contributed by atoms with E-state index in [2.05, 4.69) is 10.3 Å². The Morgan fingerprint density at radius 3 is 2.95 bits per heavy atom. The quantitative estimate of drug-likeness (QED) is 0.772. The Bertz CT molecular complexity index is 519. The molecule has 0 aliphatic carbocycles. The number of aromatic nitrogens is 1. The Labute approximate surface area is 122 Å². The first-order chi connectivity index (χ1) is 10.1. The van der Waals surface area contributed by atoms with Gasteiger partial charge in [-0.1, -0.05) is 6.07 Å². The van der Waals surface area contributed by atoms with Crippen LogP contribution in [0.15, 0.2) is 24.4 Å². The van der Waals surface area contributed by atoms with Crippen LogP contribution in [0.3, 0.4) is 0 Å². The van der Waals surface area contributed by atoms with Gasteiger partial charge < -0.3 is 15.2 Å². The number of carbonyl (C=O) groups is 2. The van der Waals surface area contributed by atoms with Gasteiger partial charge >= 0.3 is 5.97 Å². The van der Waals surface area contributed by atoms with Crippen LogP contribution < -0.4 is 5.32 Å². The molecule has 1 aliphatic heterocycles. The summed E-state index contributed by atoms with van der Waals surface area (Å²) in [4.78, 5) is 26.3. The lowest BCUT2D eigenvalue weighted by Crippen LogP contribution is -2.26. The minimum absolute atomic E-state index is 0.220. The van der Waals surface area contributed by atoms with Crippen LogP contribution in [0.1, 0.15) is 28.9 Å². The van der Waals surface area contributed by atoms with Crippen molar-refractivity contribution in [2.24, 2.45) is 5.92 Å². The van der Waals surface area contributed by atoms with Crippen molar-refractivity contribution in [3.05, 3.63) is 35.7 Å². The van der Waals surface area contributed by atoms with Gasteiger partial charge in [0.15, 0.2) is 0 Å². The van der Waals surface area contributed by atoms with Crippen LogP contribution in [0.25, 0.3) is 6.08 Å². The van der Waals surface area contributed by atoms with E-state index in [1.165, 1.54) is 12.3 Å². The molecule has 2 rings (SSSR count). The highest BCUT2D eigenvalue weighted by Crippen LogP contribution is 2.15. The molecule has 21 heavy (non-hydrogen) atoms. The molecule has 2 N–H and O–H groups in total. The maximum atomic E-state index is 11.9. The molecule has 1 atom stereocenters. The highest BCUT2D eigenvalue weighted by atomic mass is 16.5. The second-order valence-electron chi connectivity index (χ2n) is 4.92. The second kappa shape index (κ2) is 7.54. The molecule has 1 amide bonds. The fraction of sp³-hybridized carbons (Fsp3) is 0.400. The Morgan fingerprint density at radius 1 is 1.48 bits per heavy atom. The predicted molar refractivity (Wildman–Crippen MR) is 76.8 cm³/mol. The van der Waals surface area contributed by atoms with Gasteiger partial charge in [0.2, 0.25) is 0 Å². The Kier molecular flexibility index (Phi) is 5.45. The molecule has 0 bridgehead atoms. The van der Waals surface area contributed by atoms with Crippen LogP contribution in [0.5, 0.6) is 0 Å². The normalized spacial score (nSPS) is 18.0.